The van der Waals surface area contributed by atoms with Crippen molar-refractivity contribution in [2.45, 2.75) is 32.9 Å². The number of carbonyl (C=O) groups excluding carboxylic acids is 2. The molecule has 0 aliphatic heterocycles. The fraction of sp³-hybridized carbons (Fsp3) is 0.429. The highest BCUT2D eigenvalue weighted by atomic mass is 79.9. The number of carbonyl (C=O) groups is 2. The van der Waals surface area contributed by atoms with Gasteiger partial charge in [0.2, 0.25) is 5.91 Å². The molecular formula is C14H18BrClN2O3. The fourth-order valence-electron chi connectivity index (χ4n) is 1.54. The number of likely N-dealkylation sites (N-methyl/N-ethyl adjacent to an activating group) is 1. The number of benzene rings is 1. The van der Waals surface area contributed by atoms with Gasteiger partial charge in [-0.25, -0.2) is 0 Å². The van der Waals surface area contributed by atoms with E-state index in [1.807, 2.05) is 6.92 Å². The van der Waals surface area contributed by atoms with Gasteiger partial charge >= 0.3 is 0 Å². The van der Waals surface area contributed by atoms with E-state index in [0.29, 0.717) is 21.8 Å². The highest BCUT2D eigenvalue weighted by molar-refractivity contribution is 9.10. The molecule has 0 aliphatic rings. The van der Waals surface area contributed by atoms with Crippen LogP contribution in [0.25, 0.3) is 0 Å². The first kappa shape index (κ1) is 17.8. The second-order valence-electron chi connectivity index (χ2n) is 4.46. The van der Waals surface area contributed by atoms with E-state index in [4.69, 9.17) is 16.3 Å². The Hall–Kier alpha value is -1.27. The molecule has 0 heterocycles. The van der Waals surface area contributed by atoms with Crippen LogP contribution in [0.4, 0.5) is 0 Å². The van der Waals surface area contributed by atoms with Gasteiger partial charge < -0.3 is 15.4 Å². The molecule has 0 saturated heterocycles. The molecule has 1 aromatic rings. The number of amides is 2. The lowest BCUT2D eigenvalue weighted by Gasteiger charge is -2.18. The molecule has 0 spiro atoms. The van der Waals surface area contributed by atoms with Crippen molar-refractivity contribution in [1.82, 2.24) is 10.6 Å². The van der Waals surface area contributed by atoms with Crippen LogP contribution in [0.3, 0.4) is 0 Å². The molecule has 2 amide bonds. The third-order valence-corrected chi connectivity index (χ3v) is 3.52. The largest absolute Gasteiger partial charge is 0.480 e. The Kier molecular flexibility index (Phi) is 6.98. The monoisotopic (exact) mass is 376 g/mol. The quantitative estimate of drug-likeness (QED) is 0.800. The molecule has 0 unspecified atom stereocenters. The van der Waals surface area contributed by atoms with Crippen molar-refractivity contribution < 1.29 is 14.3 Å². The van der Waals surface area contributed by atoms with Gasteiger partial charge in [0.1, 0.15) is 11.8 Å². The van der Waals surface area contributed by atoms with Crippen molar-refractivity contribution in [2.24, 2.45) is 0 Å². The van der Waals surface area contributed by atoms with Crippen LogP contribution in [-0.4, -0.2) is 30.5 Å². The summed E-state index contributed by atoms with van der Waals surface area (Å²) in [5.41, 5.74) is 0. The van der Waals surface area contributed by atoms with Crippen LogP contribution in [0.15, 0.2) is 22.7 Å². The number of halogens is 2. The van der Waals surface area contributed by atoms with E-state index in [-0.39, 0.29) is 11.8 Å². The first-order valence-corrected chi connectivity index (χ1v) is 7.72. The van der Waals surface area contributed by atoms with Gasteiger partial charge in [-0.15, -0.1) is 0 Å². The van der Waals surface area contributed by atoms with E-state index >= 15 is 0 Å². The van der Waals surface area contributed by atoms with E-state index < -0.39 is 12.1 Å². The second-order valence-corrected chi connectivity index (χ2v) is 5.75. The normalized spacial score (nSPS) is 13.2. The molecule has 116 valence electrons. The summed E-state index contributed by atoms with van der Waals surface area (Å²) < 4.78 is 6.21. The minimum absolute atomic E-state index is 0.231. The SMILES string of the molecule is CCNC(=O)[C@H](C)NC(=O)[C@@H](C)Oc1ccc(Cl)cc1Br. The molecule has 5 nitrogen and oxygen atoms in total. The number of nitrogens with one attached hydrogen (secondary N) is 2. The van der Waals surface area contributed by atoms with Crippen molar-refractivity contribution in [3.63, 3.8) is 0 Å². The van der Waals surface area contributed by atoms with Gasteiger partial charge in [0.25, 0.3) is 5.91 Å². The Morgan fingerprint density at radius 3 is 2.57 bits per heavy atom. The maximum absolute atomic E-state index is 12.0. The molecule has 1 aromatic carbocycles. The van der Waals surface area contributed by atoms with Crippen LogP contribution in [0.1, 0.15) is 20.8 Å². The van der Waals surface area contributed by atoms with Crippen molar-refractivity contribution in [3.05, 3.63) is 27.7 Å². The van der Waals surface area contributed by atoms with Crippen LogP contribution in [0.5, 0.6) is 5.75 Å². The summed E-state index contributed by atoms with van der Waals surface area (Å²) in [5, 5.41) is 5.80. The van der Waals surface area contributed by atoms with Gasteiger partial charge in [0.15, 0.2) is 6.10 Å². The zero-order valence-electron chi connectivity index (χ0n) is 12.1. The first-order chi connectivity index (χ1) is 9.85. The predicted octanol–water partition coefficient (Wildman–Crippen LogP) is 2.51. The minimum atomic E-state index is -0.737. The molecule has 1 rings (SSSR count). The topological polar surface area (TPSA) is 67.4 Å². The summed E-state index contributed by atoms with van der Waals surface area (Å²) in [6, 6.07) is 4.41. The molecular weight excluding hydrogens is 360 g/mol. The average Bonchev–Trinajstić information content (AvgIpc) is 2.41. The molecule has 2 atom stereocenters. The van der Waals surface area contributed by atoms with Crippen molar-refractivity contribution >= 4 is 39.3 Å². The van der Waals surface area contributed by atoms with Crippen LogP contribution >= 0.6 is 27.5 Å². The maximum Gasteiger partial charge on any atom is 0.261 e. The van der Waals surface area contributed by atoms with Gasteiger partial charge in [-0.05, 0) is 54.9 Å². The predicted molar refractivity (Wildman–Crippen MR) is 85.5 cm³/mol. The Balaban J connectivity index is 2.60. The summed E-state index contributed by atoms with van der Waals surface area (Å²) in [5.74, 6) is -0.0889. The first-order valence-electron chi connectivity index (χ1n) is 6.55. The zero-order chi connectivity index (χ0) is 16.0. The lowest BCUT2D eigenvalue weighted by molar-refractivity contribution is -0.132. The summed E-state index contributed by atoms with van der Waals surface area (Å²) in [7, 11) is 0. The van der Waals surface area contributed by atoms with Crippen molar-refractivity contribution in [1.29, 1.82) is 0 Å². The lowest BCUT2D eigenvalue weighted by Crippen LogP contribution is -2.48. The molecule has 21 heavy (non-hydrogen) atoms. The Bertz CT molecular complexity index is 525. The molecule has 0 fully saturated rings. The zero-order valence-corrected chi connectivity index (χ0v) is 14.4. The maximum atomic E-state index is 12.0. The third-order valence-electron chi connectivity index (χ3n) is 2.67. The van der Waals surface area contributed by atoms with Crippen LogP contribution in [0.2, 0.25) is 5.02 Å². The van der Waals surface area contributed by atoms with Crippen LogP contribution < -0.4 is 15.4 Å². The molecule has 2 N–H and O–H groups in total. The van der Waals surface area contributed by atoms with E-state index in [1.165, 1.54) is 0 Å². The standard InChI is InChI=1S/C14H18BrClN2O3/c1-4-17-13(19)8(2)18-14(20)9(3)21-12-6-5-10(16)7-11(12)15/h5-9H,4H2,1-3H3,(H,17,19)(H,18,20)/t8-,9+/m0/s1. The van der Waals surface area contributed by atoms with Gasteiger partial charge in [-0.3, -0.25) is 9.59 Å². The second kappa shape index (κ2) is 8.24. The summed E-state index contributed by atoms with van der Waals surface area (Å²) >= 11 is 9.15. The summed E-state index contributed by atoms with van der Waals surface area (Å²) in [6.07, 6.45) is -0.737. The van der Waals surface area contributed by atoms with Crippen LogP contribution in [-0.2, 0) is 9.59 Å². The van der Waals surface area contributed by atoms with Gasteiger partial charge in [-0.1, -0.05) is 11.6 Å². The highest BCUT2D eigenvalue weighted by Gasteiger charge is 2.21. The van der Waals surface area contributed by atoms with Gasteiger partial charge in [0.05, 0.1) is 4.47 Å². The fourth-order valence-corrected chi connectivity index (χ4v) is 2.31. The van der Waals surface area contributed by atoms with E-state index in [0.717, 1.165) is 0 Å². The summed E-state index contributed by atoms with van der Waals surface area (Å²) in [6.45, 7) is 5.56. The highest BCUT2D eigenvalue weighted by Crippen LogP contribution is 2.28. The Morgan fingerprint density at radius 2 is 2.00 bits per heavy atom. The Morgan fingerprint density at radius 1 is 1.33 bits per heavy atom. The van der Waals surface area contributed by atoms with E-state index in [2.05, 4.69) is 26.6 Å². The van der Waals surface area contributed by atoms with E-state index in [1.54, 1.807) is 32.0 Å². The van der Waals surface area contributed by atoms with Gasteiger partial charge in [0, 0.05) is 11.6 Å². The molecule has 0 radical (unpaired) electrons. The third kappa shape index (κ3) is 5.55. The van der Waals surface area contributed by atoms with Crippen molar-refractivity contribution in [3.8, 4) is 5.75 Å². The number of rotatable bonds is 6. The number of hydrogen-bond donors (Lipinski definition) is 2. The molecule has 7 heteroatoms. The molecule has 0 bridgehead atoms. The smallest absolute Gasteiger partial charge is 0.261 e. The molecule has 0 saturated carbocycles. The minimum Gasteiger partial charge on any atom is -0.480 e. The molecule has 0 aliphatic carbocycles. The lowest BCUT2D eigenvalue weighted by atomic mass is 10.2. The summed E-state index contributed by atoms with van der Waals surface area (Å²) in [4.78, 5) is 23.5. The van der Waals surface area contributed by atoms with Gasteiger partial charge in [-0.2, -0.15) is 0 Å². The number of ether oxygens (including phenoxy) is 1. The average molecular weight is 378 g/mol. The number of hydrogen-bond acceptors (Lipinski definition) is 3. The van der Waals surface area contributed by atoms with E-state index in [9.17, 15) is 9.59 Å². The Labute approximate surface area is 137 Å². The van der Waals surface area contributed by atoms with Crippen molar-refractivity contribution in [2.75, 3.05) is 6.54 Å². The molecule has 0 aromatic heterocycles. The van der Waals surface area contributed by atoms with Crippen LogP contribution in [0, 0.1) is 0 Å².